The molecule has 0 aliphatic heterocycles. The van der Waals surface area contributed by atoms with Crippen LogP contribution in [0.1, 0.15) is 49.2 Å². The van der Waals surface area contributed by atoms with Crippen molar-refractivity contribution in [2.75, 3.05) is 6.61 Å². The summed E-state index contributed by atoms with van der Waals surface area (Å²) in [7, 11) is 0. The first-order valence-corrected chi connectivity index (χ1v) is 9.59. The van der Waals surface area contributed by atoms with E-state index in [1.165, 1.54) is 0 Å². The predicted molar refractivity (Wildman–Crippen MR) is 107 cm³/mol. The van der Waals surface area contributed by atoms with E-state index >= 15 is 0 Å². The van der Waals surface area contributed by atoms with Crippen LogP contribution >= 0.6 is 0 Å². The Hall–Kier alpha value is -3.08. The third-order valence-electron chi connectivity index (χ3n) is 5.11. The van der Waals surface area contributed by atoms with Crippen molar-refractivity contribution in [1.82, 2.24) is 14.7 Å². The fourth-order valence-electron chi connectivity index (χ4n) is 3.13. The van der Waals surface area contributed by atoms with E-state index in [0.717, 1.165) is 17.7 Å². The SMILES string of the molecule is C[C@H](O)c1nccn1Cc1cc(C#Cc2ccc(OC[C@H]3C[C@]3(C)N)cc2)on1. The topological polar surface area (TPSA) is 99.3 Å². The second kappa shape index (κ2) is 7.74. The van der Waals surface area contributed by atoms with Crippen molar-refractivity contribution in [2.45, 2.75) is 38.5 Å². The van der Waals surface area contributed by atoms with E-state index in [-0.39, 0.29) is 5.54 Å². The molecule has 3 aromatic rings. The molecule has 7 nitrogen and oxygen atoms in total. The van der Waals surface area contributed by atoms with Crippen LogP contribution < -0.4 is 10.5 Å². The minimum atomic E-state index is -0.646. The molecule has 1 aliphatic rings. The molecule has 1 aliphatic carbocycles. The zero-order valence-electron chi connectivity index (χ0n) is 16.5. The lowest BCUT2D eigenvalue weighted by Crippen LogP contribution is -2.22. The van der Waals surface area contributed by atoms with Crippen LogP contribution in [0.5, 0.6) is 5.75 Å². The van der Waals surface area contributed by atoms with E-state index in [1.54, 1.807) is 25.4 Å². The first-order chi connectivity index (χ1) is 13.9. The van der Waals surface area contributed by atoms with Crippen LogP contribution in [-0.2, 0) is 6.54 Å². The number of hydrogen-bond acceptors (Lipinski definition) is 6. The van der Waals surface area contributed by atoms with E-state index in [2.05, 4.69) is 28.9 Å². The zero-order chi connectivity index (χ0) is 20.4. The normalized spacial score (nSPS) is 21.3. The van der Waals surface area contributed by atoms with Gasteiger partial charge in [-0.1, -0.05) is 11.1 Å². The number of rotatable bonds is 6. The smallest absolute Gasteiger partial charge is 0.210 e. The Kier molecular flexibility index (Phi) is 5.14. The molecule has 2 aromatic heterocycles. The van der Waals surface area contributed by atoms with Crippen molar-refractivity contribution in [3.05, 3.63) is 65.6 Å². The molecule has 2 heterocycles. The van der Waals surface area contributed by atoms with Crippen LogP contribution in [0.2, 0.25) is 0 Å². The van der Waals surface area contributed by atoms with Crippen LogP contribution in [0.3, 0.4) is 0 Å². The van der Waals surface area contributed by atoms with Crippen molar-refractivity contribution < 1.29 is 14.4 Å². The Morgan fingerprint density at radius 3 is 2.83 bits per heavy atom. The van der Waals surface area contributed by atoms with Crippen LogP contribution in [-0.4, -0.2) is 32.0 Å². The maximum absolute atomic E-state index is 9.73. The van der Waals surface area contributed by atoms with Gasteiger partial charge in [-0.15, -0.1) is 0 Å². The lowest BCUT2D eigenvalue weighted by Gasteiger charge is -2.07. The maximum Gasteiger partial charge on any atom is 0.210 e. The molecular weight excluding hydrogens is 368 g/mol. The summed E-state index contributed by atoms with van der Waals surface area (Å²) in [6, 6.07) is 9.42. The summed E-state index contributed by atoms with van der Waals surface area (Å²) < 4.78 is 12.9. The molecule has 1 aromatic carbocycles. The van der Waals surface area contributed by atoms with Gasteiger partial charge in [0.25, 0.3) is 0 Å². The van der Waals surface area contributed by atoms with Gasteiger partial charge in [0.2, 0.25) is 5.76 Å². The molecular formula is C22H24N4O3. The molecule has 1 saturated carbocycles. The van der Waals surface area contributed by atoms with Gasteiger partial charge in [-0.2, -0.15) is 0 Å². The van der Waals surface area contributed by atoms with E-state index in [4.69, 9.17) is 15.0 Å². The van der Waals surface area contributed by atoms with Gasteiger partial charge in [-0.3, -0.25) is 0 Å². The summed E-state index contributed by atoms with van der Waals surface area (Å²) >= 11 is 0. The highest BCUT2D eigenvalue weighted by Crippen LogP contribution is 2.40. The van der Waals surface area contributed by atoms with E-state index in [0.29, 0.717) is 36.3 Å². The number of aliphatic hydroxyl groups excluding tert-OH is 1. The molecule has 1 fully saturated rings. The third-order valence-corrected chi connectivity index (χ3v) is 5.11. The Bertz CT molecular complexity index is 1040. The number of benzene rings is 1. The highest BCUT2D eigenvalue weighted by atomic mass is 16.5. The Morgan fingerprint density at radius 1 is 1.38 bits per heavy atom. The number of aromatic nitrogens is 3. The lowest BCUT2D eigenvalue weighted by atomic mass is 10.2. The molecule has 0 spiro atoms. The number of nitrogens with zero attached hydrogens (tertiary/aromatic N) is 3. The molecule has 0 saturated heterocycles. The molecule has 0 amide bonds. The minimum Gasteiger partial charge on any atom is -0.493 e. The van der Waals surface area contributed by atoms with Gasteiger partial charge in [0, 0.05) is 35.5 Å². The van der Waals surface area contributed by atoms with E-state index < -0.39 is 6.10 Å². The Balaban J connectivity index is 1.35. The Morgan fingerprint density at radius 2 is 2.14 bits per heavy atom. The second-order valence-electron chi connectivity index (χ2n) is 7.76. The molecule has 3 atom stereocenters. The predicted octanol–water partition coefficient (Wildman–Crippen LogP) is 2.49. The van der Waals surface area contributed by atoms with Gasteiger partial charge in [0.15, 0.2) is 0 Å². The average molecular weight is 392 g/mol. The summed E-state index contributed by atoms with van der Waals surface area (Å²) in [5.74, 6) is 8.35. The average Bonchev–Trinajstić information content (AvgIpc) is 3.08. The van der Waals surface area contributed by atoms with E-state index in [9.17, 15) is 5.11 Å². The Labute approximate surface area is 169 Å². The quantitative estimate of drug-likeness (QED) is 0.625. The van der Waals surface area contributed by atoms with Crippen LogP contribution in [0.15, 0.2) is 47.2 Å². The van der Waals surface area contributed by atoms with Gasteiger partial charge in [0.05, 0.1) is 13.2 Å². The fourth-order valence-corrected chi connectivity index (χ4v) is 3.13. The summed E-state index contributed by atoms with van der Waals surface area (Å²) in [6.07, 6.45) is 3.81. The number of nitrogens with two attached hydrogens (primary N) is 1. The zero-order valence-corrected chi connectivity index (χ0v) is 16.5. The van der Waals surface area contributed by atoms with Gasteiger partial charge >= 0.3 is 0 Å². The van der Waals surface area contributed by atoms with Crippen molar-refractivity contribution >= 4 is 0 Å². The maximum atomic E-state index is 9.73. The van der Waals surface area contributed by atoms with Crippen LogP contribution in [0.4, 0.5) is 0 Å². The van der Waals surface area contributed by atoms with E-state index in [1.807, 2.05) is 28.8 Å². The van der Waals surface area contributed by atoms with Gasteiger partial charge in [-0.25, -0.2) is 4.98 Å². The minimum absolute atomic E-state index is 0.0723. The van der Waals surface area contributed by atoms with Crippen molar-refractivity contribution in [3.63, 3.8) is 0 Å². The largest absolute Gasteiger partial charge is 0.493 e. The summed E-state index contributed by atoms with van der Waals surface area (Å²) in [4.78, 5) is 4.15. The molecule has 4 rings (SSSR count). The molecule has 0 unspecified atom stereocenters. The molecule has 3 N–H and O–H groups in total. The number of aliphatic hydroxyl groups is 1. The monoisotopic (exact) mass is 392 g/mol. The number of imidazole rings is 1. The number of hydrogen-bond donors (Lipinski definition) is 2. The molecule has 7 heteroatoms. The van der Waals surface area contributed by atoms with Gasteiger partial charge in [0.1, 0.15) is 23.4 Å². The highest BCUT2D eigenvalue weighted by molar-refractivity contribution is 5.41. The van der Waals surface area contributed by atoms with Crippen molar-refractivity contribution in [3.8, 4) is 17.6 Å². The summed E-state index contributed by atoms with van der Waals surface area (Å²) in [5.41, 5.74) is 7.52. The lowest BCUT2D eigenvalue weighted by molar-refractivity contribution is 0.184. The molecule has 0 bridgehead atoms. The molecule has 150 valence electrons. The van der Waals surface area contributed by atoms with Crippen LogP contribution in [0, 0.1) is 17.8 Å². The highest BCUT2D eigenvalue weighted by Gasteiger charge is 2.46. The first kappa shape index (κ1) is 19.2. The molecule has 29 heavy (non-hydrogen) atoms. The number of ether oxygens (including phenoxy) is 1. The van der Waals surface area contributed by atoms with Crippen molar-refractivity contribution in [2.24, 2.45) is 11.7 Å². The standard InChI is InChI=1S/C22H24N4O3/c1-15(27)21-24-9-10-26(21)13-18-11-20(29-25-18)8-5-16-3-6-19(7-4-16)28-14-17-12-22(17,2)23/h3-4,6-7,9-11,15,17,27H,12-14,23H2,1-2H3/t15-,17+,22-/m0/s1. The van der Waals surface area contributed by atoms with Crippen molar-refractivity contribution in [1.29, 1.82) is 0 Å². The van der Waals surface area contributed by atoms with Crippen LogP contribution in [0.25, 0.3) is 0 Å². The third kappa shape index (κ3) is 4.67. The second-order valence-corrected chi connectivity index (χ2v) is 7.76. The first-order valence-electron chi connectivity index (χ1n) is 9.59. The molecule has 0 radical (unpaired) electrons. The van der Waals surface area contributed by atoms with Gasteiger partial charge in [-0.05, 0) is 50.5 Å². The fraction of sp³-hybridized carbons (Fsp3) is 0.364. The van der Waals surface area contributed by atoms with Gasteiger partial charge < -0.3 is 24.7 Å². The summed E-state index contributed by atoms with van der Waals surface area (Å²) in [6.45, 7) is 4.83. The summed E-state index contributed by atoms with van der Waals surface area (Å²) in [5, 5.41) is 13.8.